The third-order valence-electron chi connectivity index (χ3n) is 2.29. The largest absolute Gasteiger partial charge is 0.331 e. The molecule has 2 rings (SSSR count). The molecule has 1 atom stereocenters. The van der Waals surface area contributed by atoms with E-state index in [1.807, 2.05) is 30.3 Å². The smallest absolute Gasteiger partial charge is 0.143 e. The molecule has 0 amide bonds. The van der Waals surface area contributed by atoms with Gasteiger partial charge in [0.25, 0.3) is 0 Å². The zero-order valence-electron chi connectivity index (χ0n) is 8.45. The summed E-state index contributed by atoms with van der Waals surface area (Å²) < 4.78 is 0.604. The highest BCUT2D eigenvalue weighted by molar-refractivity contribution is 9.10. The summed E-state index contributed by atoms with van der Waals surface area (Å²) in [6, 6.07) is 9.88. The fourth-order valence-corrected chi connectivity index (χ4v) is 1.92. The summed E-state index contributed by atoms with van der Waals surface area (Å²) in [5.41, 5.74) is 7.22. The van der Waals surface area contributed by atoms with E-state index >= 15 is 0 Å². The van der Waals surface area contributed by atoms with Crippen molar-refractivity contribution in [1.29, 1.82) is 0 Å². The number of aromatic amines is 1. The average Bonchev–Trinajstić information content (AvgIpc) is 2.61. The van der Waals surface area contributed by atoms with Crippen LogP contribution in [0.4, 0.5) is 0 Å². The minimum atomic E-state index is -0.175. The Labute approximate surface area is 107 Å². The van der Waals surface area contributed by atoms with Gasteiger partial charge in [-0.3, -0.25) is 0 Å². The lowest BCUT2D eigenvalue weighted by Gasteiger charge is -2.08. The highest BCUT2D eigenvalue weighted by atomic mass is 79.9. The summed E-state index contributed by atoms with van der Waals surface area (Å²) in [5, 5.41) is 0.485. The molecule has 16 heavy (non-hydrogen) atoms. The lowest BCUT2D eigenvalue weighted by molar-refractivity contribution is 0.677. The predicted octanol–water partition coefficient (Wildman–Crippen LogP) is 3.07. The Bertz CT molecular complexity index is 450. The Morgan fingerprint density at radius 1 is 1.38 bits per heavy atom. The SMILES string of the molecule is N[C@@H](Cc1ccccc1)c1nc(Br)c(Cl)[nH]1. The monoisotopic (exact) mass is 299 g/mol. The summed E-state index contributed by atoms with van der Waals surface area (Å²) in [6.45, 7) is 0. The maximum atomic E-state index is 6.04. The van der Waals surface area contributed by atoms with E-state index in [2.05, 4.69) is 25.9 Å². The van der Waals surface area contributed by atoms with Gasteiger partial charge in [0.2, 0.25) is 0 Å². The van der Waals surface area contributed by atoms with Gasteiger partial charge in [0.05, 0.1) is 6.04 Å². The molecular weight excluding hydrogens is 289 g/mol. The summed E-state index contributed by atoms with van der Waals surface area (Å²) in [4.78, 5) is 7.16. The van der Waals surface area contributed by atoms with Gasteiger partial charge in [-0.2, -0.15) is 0 Å². The second kappa shape index (κ2) is 4.99. The molecular formula is C11H11BrClN3. The molecule has 3 nitrogen and oxygen atoms in total. The van der Waals surface area contributed by atoms with Gasteiger partial charge >= 0.3 is 0 Å². The molecule has 2 aromatic rings. The van der Waals surface area contributed by atoms with Crippen LogP contribution in [-0.2, 0) is 6.42 Å². The van der Waals surface area contributed by atoms with Gasteiger partial charge in [-0.25, -0.2) is 4.98 Å². The zero-order valence-corrected chi connectivity index (χ0v) is 10.8. The first-order valence-electron chi connectivity index (χ1n) is 4.87. The van der Waals surface area contributed by atoms with E-state index in [1.54, 1.807) is 0 Å². The first kappa shape index (κ1) is 11.6. The van der Waals surface area contributed by atoms with Gasteiger partial charge < -0.3 is 10.7 Å². The van der Waals surface area contributed by atoms with Crippen molar-refractivity contribution in [3.05, 3.63) is 51.5 Å². The number of halogens is 2. The quantitative estimate of drug-likeness (QED) is 0.915. The predicted molar refractivity (Wildman–Crippen MR) is 68.4 cm³/mol. The molecule has 1 aromatic carbocycles. The molecule has 0 saturated carbocycles. The molecule has 0 saturated heterocycles. The molecule has 84 valence electrons. The van der Waals surface area contributed by atoms with Gasteiger partial charge in [-0.15, -0.1) is 0 Å². The third kappa shape index (κ3) is 2.64. The summed E-state index contributed by atoms with van der Waals surface area (Å²) in [6.07, 6.45) is 0.733. The molecule has 0 fully saturated rings. The fraction of sp³-hybridized carbons (Fsp3) is 0.182. The highest BCUT2D eigenvalue weighted by Crippen LogP contribution is 2.22. The topological polar surface area (TPSA) is 54.7 Å². The van der Waals surface area contributed by atoms with Crippen molar-refractivity contribution in [2.24, 2.45) is 5.73 Å². The third-order valence-corrected chi connectivity index (χ3v) is 3.36. The van der Waals surface area contributed by atoms with Crippen LogP contribution in [0.5, 0.6) is 0 Å². The van der Waals surface area contributed by atoms with E-state index in [9.17, 15) is 0 Å². The second-order valence-corrected chi connectivity index (χ2v) is 4.65. The van der Waals surface area contributed by atoms with E-state index in [4.69, 9.17) is 17.3 Å². The number of H-pyrrole nitrogens is 1. The summed E-state index contributed by atoms with van der Waals surface area (Å²) >= 11 is 9.10. The molecule has 0 aliphatic carbocycles. The van der Waals surface area contributed by atoms with Crippen LogP contribution in [0, 0.1) is 0 Å². The van der Waals surface area contributed by atoms with Crippen molar-refractivity contribution in [3.63, 3.8) is 0 Å². The fourth-order valence-electron chi connectivity index (χ4n) is 1.49. The molecule has 0 spiro atoms. The van der Waals surface area contributed by atoms with Gasteiger partial charge in [0, 0.05) is 0 Å². The maximum absolute atomic E-state index is 6.04. The Kier molecular flexibility index (Phi) is 3.63. The molecule has 0 radical (unpaired) electrons. The van der Waals surface area contributed by atoms with Crippen molar-refractivity contribution < 1.29 is 0 Å². The Morgan fingerprint density at radius 2 is 2.06 bits per heavy atom. The van der Waals surface area contributed by atoms with Gasteiger partial charge in [-0.1, -0.05) is 41.9 Å². The molecule has 0 aliphatic rings. The first-order chi connectivity index (χ1) is 7.66. The van der Waals surface area contributed by atoms with Crippen LogP contribution in [0.3, 0.4) is 0 Å². The number of aromatic nitrogens is 2. The molecule has 1 heterocycles. The van der Waals surface area contributed by atoms with Gasteiger partial charge in [0.1, 0.15) is 15.6 Å². The van der Waals surface area contributed by atoms with Crippen molar-refractivity contribution in [2.45, 2.75) is 12.5 Å². The molecule has 5 heteroatoms. The lowest BCUT2D eigenvalue weighted by atomic mass is 10.1. The molecule has 1 aromatic heterocycles. The van der Waals surface area contributed by atoms with Crippen molar-refractivity contribution >= 4 is 27.5 Å². The minimum Gasteiger partial charge on any atom is -0.331 e. The number of rotatable bonds is 3. The number of benzene rings is 1. The summed E-state index contributed by atoms with van der Waals surface area (Å²) in [7, 11) is 0. The Hall–Kier alpha value is -0.840. The number of nitrogens with two attached hydrogens (primary N) is 1. The maximum Gasteiger partial charge on any atom is 0.143 e. The van der Waals surface area contributed by atoms with Crippen LogP contribution in [0.2, 0.25) is 5.15 Å². The minimum absolute atomic E-state index is 0.175. The van der Waals surface area contributed by atoms with E-state index in [0.717, 1.165) is 6.42 Å². The molecule has 0 bridgehead atoms. The van der Waals surface area contributed by atoms with E-state index < -0.39 is 0 Å². The number of hydrogen-bond donors (Lipinski definition) is 2. The average molecular weight is 301 g/mol. The number of hydrogen-bond acceptors (Lipinski definition) is 2. The van der Waals surface area contributed by atoms with E-state index in [0.29, 0.717) is 15.6 Å². The molecule has 3 N–H and O–H groups in total. The van der Waals surface area contributed by atoms with Crippen LogP contribution in [0.1, 0.15) is 17.4 Å². The number of nitrogens with one attached hydrogen (secondary N) is 1. The van der Waals surface area contributed by atoms with Crippen LogP contribution < -0.4 is 5.73 Å². The van der Waals surface area contributed by atoms with E-state index in [1.165, 1.54) is 5.56 Å². The zero-order chi connectivity index (χ0) is 11.5. The van der Waals surface area contributed by atoms with Crippen LogP contribution in [0.25, 0.3) is 0 Å². The molecule has 0 aliphatic heterocycles. The Morgan fingerprint density at radius 3 is 2.62 bits per heavy atom. The molecule has 0 unspecified atom stereocenters. The van der Waals surface area contributed by atoms with Gasteiger partial charge in [-0.05, 0) is 27.9 Å². The summed E-state index contributed by atoms with van der Waals surface area (Å²) in [5.74, 6) is 0.695. The second-order valence-electron chi connectivity index (χ2n) is 3.52. The van der Waals surface area contributed by atoms with Crippen molar-refractivity contribution in [2.75, 3.05) is 0 Å². The van der Waals surface area contributed by atoms with Crippen LogP contribution >= 0.6 is 27.5 Å². The van der Waals surface area contributed by atoms with Gasteiger partial charge in [0.15, 0.2) is 0 Å². The standard InChI is InChI=1S/C11H11BrClN3/c12-9-10(13)16-11(15-9)8(14)6-7-4-2-1-3-5-7/h1-5,8H,6,14H2,(H,15,16)/t8-/m0/s1. The number of nitrogens with zero attached hydrogens (tertiary/aromatic N) is 1. The van der Waals surface area contributed by atoms with Crippen molar-refractivity contribution in [3.8, 4) is 0 Å². The van der Waals surface area contributed by atoms with E-state index in [-0.39, 0.29) is 6.04 Å². The highest BCUT2D eigenvalue weighted by Gasteiger charge is 2.13. The number of imidazole rings is 1. The van der Waals surface area contributed by atoms with Crippen LogP contribution in [-0.4, -0.2) is 9.97 Å². The first-order valence-corrected chi connectivity index (χ1v) is 6.04. The normalized spacial score (nSPS) is 12.7. The Balaban J connectivity index is 2.11. The van der Waals surface area contributed by atoms with Crippen LogP contribution in [0.15, 0.2) is 34.9 Å². The lowest BCUT2D eigenvalue weighted by Crippen LogP contribution is -2.14. The van der Waals surface area contributed by atoms with Crippen molar-refractivity contribution in [1.82, 2.24) is 9.97 Å².